The number of aryl methyl sites for hydroxylation is 1. The van der Waals surface area contributed by atoms with Gasteiger partial charge < -0.3 is 9.14 Å². The van der Waals surface area contributed by atoms with Gasteiger partial charge in [0.25, 0.3) is 0 Å². The highest BCUT2D eigenvalue weighted by atomic mass is 16.5. The molecule has 0 amide bonds. The molecule has 3 nitrogen and oxygen atoms in total. The van der Waals surface area contributed by atoms with Crippen LogP contribution >= 0.6 is 0 Å². The number of carbonyl (C=O) groups excluding carboxylic acids is 1. The number of pyridine rings is 1. The maximum atomic E-state index is 12.8. The van der Waals surface area contributed by atoms with Crippen molar-refractivity contribution in [1.82, 2.24) is 4.40 Å². The number of hydrogen-bond donors (Lipinski definition) is 0. The van der Waals surface area contributed by atoms with Gasteiger partial charge in [0.2, 0.25) is 0 Å². The molecule has 3 heteroatoms. The van der Waals surface area contributed by atoms with Gasteiger partial charge in [-0.25, -0.2) is 0 Å². The molecular weight excluding hydrogens is 370 g/mol. The Bertz CT molecular complexity index is 964. The highest BCUT2D eigenvalue weighted by Crippen LogP contribution is 2.41. The van der Waals surface area contributed by atoms with Crippen LogP contribution in [-0.4, -0.2) is 10.4 Å². The van der Waals surface area contributed by atoms with Gasteiger partial charge in [0.15, 0.2) is 5.75 Å². The summed E-state index contributed by atoms with van der Waals surface area (Å²) in [5.41, 5.74) is 3.77. The molecule has 1 aromatic carbocycles. The Labute approximate surface area is 181 Å². The fraction of sp³-hybridized carbons (Fsp3) is 0.444. The zero-order valence-electron chi connectivity index (χ0n) is 18.9. The van der Waals surface area contributed by atoms with Crippen molar-refractivity contribution in [3.8, 4) is 16.9 Å². The lowest BCUT2D eigenvalue weighted by Crippen LogP contribution is -2.25. The van der Waals surface area contributed by atoms with Gasteiger partial charge in [0, 0.05) is 17.5 Å². The van der Waals surface area contributed by atoms with E-state index >= 15 is 0 Å². The van der Waals surface area contributed by atoms with Crippen LogP contribution in [0.2, 0.25) is 0 Å². The molecule has 0 aliphatic heterocycles. The number of rotatable bonds is 9. The van der Waals surface area contributed by atoms with Gasteiger partial charge in [-0.2, -0.15) is 0 Å². The average Bonchev–Trinajstić information content (AvgIpc) is 3.04. The minimum atomic E-state index is -0.559. The molecule has 2 heterocycles. The van der Waals surface area contributed by atoms with Crippen molar-refractivity contribution in [1.29, 1.82) is 0 Å². The van der Waals surface area contributed by atoms with Crippen LogP contribution in [0.25, 0.3) is 16.6 Å². The van der Waals surface area contributed by atoms with Crippen molar-refractivity contribution in [3.05, 3.63) is 60.4 Å². The second kappa shape index (κ2) is 9.97. The van der Waals surface area contributed by atoms with Crippen LogP contribution in [0.4, 0.5) is 0 Å². The summed E-state index contributed by atoms with van der Waals surface area (Å²) in [5.74, 6) is 0.477. The van der Waals surface area contributed by atoms with Crippen LogP contribution in [-0.2, 0) is 11.2 Å². The molecule has 0 aliphatic rings. The normalized spacial score (nSPS) is 11.7. The van der Waals surface area contributed by atoms with Crippen molar-refractivity contribution in [2.45, 2.75) is 72.6 Å². The minimum absolute atomic E-state index is 0.206. The fourth-order valence-corrected chi connectivity index (χ4v) is 3.81. The number of benzene rings is 1. The maximum Gasteiger partial charge on any atom is 0.316 e. The van der Waals surface area contributed by atoms with Crippen LogP contribution in [0.5, 0.6) is 5.75 Å². The maximum absolute atomic E-state index is 12.8. The highest BCUT2D eigenvalue weighted by molar-refractivity contribution is 5.89. The molecule has 2 aromatic heterocycles. The van der Waals surface area contributed by atoms with Gasteiger partial charge in [-0.3, -0.25) is 4.79 Å². The van der Waals surface area contributed by atoms with Gasteiger partial charge in [-0.1, -0.05) is 75.4 Å². The van der Waals surface area contributed by atoms with Crippen LogP contribution < -0.4 is 4.74 Å². The van der Waals surface area contributed by atoms with Crippen molar-refractivity contribution < 1.29 is 9.53 Å². The lowest BCUT2D eigenvalue weighted by atomic mass is 9.97. The van der Waals surface area contributed by atoms with E-state index in [1.807, 2.05) is 57.2 Å². The molecule has 0 saturated carbocycles. The van der Waals surface area contributed by atoms with E-state index in [-0.39, 0.29) is 5.97 Å². The van der Waals surface area contributed by atoms with E-state index in [1.54, 1.807) is 0 Å². The molecule has 0 spiro atoms. The summed E-state index contributed by atoms with van der Waals surface area (Å²) in [6.07, 6.45) is 10.6. The third-order valence-corrected chi connectivity index (χ3v) is 5.54. The smallest absolute Gasteiger partial charge is 0.316 e. The van der Waals surface area contributed by atoms with Gasteiger partial charge in [-0.05, 0) is 51.3 Å². The molecule has 3 rings (SSSR count). The van der Waals surface area contributed by atoms with Crippen molar-refractivity contribution in [3.63, 3.8) is 0 Å². The molecule has 0 atom stereocenters. The number of fused-ring (bicyclic) bond motifs is 1. The summed E-state index contributed by atoms with van der Waals surface area (Å²) in [7, 11) is 0. The Balaban J connectivity index is 2.02. The SMILES string of the molecule is CCCCCCCCc1c(-c2ccccc2)c(OC(=O)C(C)(C)C)c2ccccn12. The van der Waals surface area contributed by atoms with Gasteiger partial charge in [0.05, 0.1) is 10.9 Å². The topological polar surface area (TPSA) is 30.7 Å². The van der Waals surface area contributed by atoms with Crippen LogP contribution in [0.1, 0.15) is 71.9 Å². The molecule has 0 radical (unpaired) electrons. The molecule has 3 aromatic rings. The molecule has 160 valence electrons. The first-order chi connectivity index (χ1) is 14.4. The monoisotopic (exact) mass is 405 g/mol. The van der Waals surface area contributed by atoms with Crippen LogP contribution in [0.15, 0.2) is 54.7 Å². The fourth-order valence-electron chi connectivity index (χ4n) is 3.81. The lowest BCUT2D eigenvalue weighted by molar-refractivity contribution is -0.142. The van der Waals surface area contributed by atoms with E-state index in [0.717, 1.165) is 29.5 Å². The second-order valence-electron chi connectivity index (χ2n) is 9.13. The van der Waals surface area contributed by atoms with E-state index in [0.29, 0.717) is 5.75 Å². The van der Waals surface area contributed by atoms with Crippen LogP contribution in [0, 0.1) is 5.41 Å². The zero-order chi connectivity index (χ0) is 21.6. The molecule has 0 bridgehead atoms. The molecule has 0 fully saturated rings. The Kier molecular flexibility index (Phi) is 7.36. The van der Waals surface area contributed by atoms with E-state index < -0.39 is 5.41 Å². The van der Waals surface area contributed by atoms with E-state index in [1.165, 1.54) is 37.8 Å². The largest absolute Gasteiger partial charge is 0.423 e. The predicted octanol–water partition coefficient (Wildman–Crippen LogP) is 7.46. The Hall–Kier alpha value is -2.55. The second-order valence-corrected chi connectivity index (χ2v) is 9.13. The molecule has 0 N–H and O–H groups in total. The number of esters is 1. The van der Waals surface area contributed by atoms with Crippen LogP contribution in [0.3, 0.4) is 0 Å². The molecule has 0 aliphatic carbocycles. The number of aromatic nitrogens is 1. The first-order valence-electron chi connectivity index (χ1n) is 11.3. The third kappa shape index (κ3) is 5.13. The van der Waals surface area contributed by atoms with Crippen molar-refractivity contribution in [2.24, 2.45) is 5.41 Å². The summed E-state index contributed by atoms with van der Waals surface area (Å²) in [6, 6.07) is 16.4. The summed E-state index contributed by atoms with van der Waals surface area (Å²) in [6.45, 7) is 7.94. The number of carbonyl (C=O) groups is 1. The molecule has 0 saturated heterocycles. The van der Waals surface area contributed by atoms with Crippen molar-refractivity contribution in [2.75, 3.05) is 0 Å². The van der Waals surface area contributed by atoms with Crippen molar-refractivity contribution >= 4 is 11.5 Å². The standard InChI is InChI=1S/C27H35NO2/c1-5-6-7-8-9-13-18-22-24(21-16-11-10-12-17-21)25(30-26(29)27(2,3)4)23-19-14-15-20-28(22)23/h10-12,14-17,19-20H,5-9,13,18H2,1-4H3. The number of ether oxygens (including phenoxy) is 1. The number of nitrogens with zero attached hydrogens (tertiary/aromatic N) is 1. The minimum Gasteiger partial charge on any atom is -0.423 e. The first-order valence-corrected chi connectivity index (χ1v) is 11.3. The predicted molar refractivity (Wildman–Crippen MR) is 125 cm³/mol. The van der Waals surface area contributed by atoms with Gasteiger partial charge >= 0.3 is 5.97 Å². The third-order valence-electron chi connectivity index (χ3n) is 5.54. The Morgan fingerprint density at radius 2 is 1.57 bits per heavy atom. The van der Waals surface area contributed by atoms with E-state index in [2.05, 4.69) is 29.7 Å². The summed E-state index contributed by atoms with van der Waals surface area (Å²) in [4.78, 5) is 12.8. The first kappa shape index (κ1) is 22.1. The molecule has 30 heavy (non-hydrogen) atoms. The highest BCUT2D eigenvalue weighted by Gasteiger charge is 2.28. The lowest BCUT2D eigenvalue weighted by Gasteiger charge is -2.17. The number of hydrogen-bond acceptors (Lipinski definition) is 2. The van der Waals surface area contributed by atoms with E-state index in [9.17, 15) is 4.79 Å². The summed E-state index contributed by atoms with van der Waals surface area (Å²) >= 11 is 0. The quantitative estimate of drug-likeness (QED) is 0.273. The van der Waals surface area contributed by atoms with Gasteiger partial charge in [0.1, 0.15) is 0 Å². The molecule has 0 unspecified atom stereocenters. The summed E-state index contributed by atoms with van der Waals surface area (Å²) in [5, 5.41) is 0. The Morgan fingerprint density at radius 1 is 0.900 bits per heavy atom. The van der Waals surface area contributed by atoms with E-state index in [4.69, 9.17) is 4.74 Å². The zero-order valence-corrected chi connectivity index (χ0v) is 18.9. The average molecular weight is 406 g/mol. The summed E-state index contributed by atoms with van der Waals surface area (Å²) < 4.78 is 8.27. The Morgan fingerprint density at radius 3 is 2.27 bits per heavy atom. The number of unbranched alkanes of at least 4 members (excludes halogenated alkanes) is 5. The molecular formula is C27H35NO2. The van der Waals surface area contributed by atoms with Gasteiger partial charge in [-0.15, -0.1) is 0 Å².